The molecule has 1 fully saturated rings. The Bertz CT molecular complexity index is 732. The summed E-state index contributed by atoms with van der Waals surface area (Å²) in [5.41, 5.74) is 1.62. The number of carboxylic acids is 1. The maximum absolute atomic E-state index is 12.5. The first-order valence-corrected chi connectivity index (χ1v) is 8.69. The third-order valence-electron chi connectivity index (χ3n) is 4.09. The van der Waals surface area contributed by atoms with Gasteiger partial charge in [0.2, 0.25) is 0 Å². The summed E-state index contributed by atoms with van der Waals surface area (Å²) < 4.78 is 0. The zero-order valence-corrected chi connectivity index (χ0v) is 14.1. The number of hydrogen-bond donors (Lipinski definition) is 2. The summed E-state index contributed by atoms with van der Waals surface area (Å²) >= 11 is 1.54. The summed E-state index contributed by atoms with van der Waals surface area (Å²) in [7, 11) is 0. The second kappa shape index (κ2) is 7.00. The van der Waals surface area contributed by atoms with Crippen molar-refractivity contribution in [2.45, 2.75) is 13.3 Å². The molecule has 0 bridgehead atoms. The van der Waals surface area contributed by atoms with Crippen LogP contribution in [0.3, 0.4) is 0 Å². The fraction of sp³-hybridized carbons (Fsp3) is 0.353. The number of thiazole rings is 1. The minimum absolute atomic E-state index is 0.173. The number of carboxylic acid groups (broad SMARTS) is 1. The summed E-state index contributed by atoms with van der Waals surface area (Å²) in [4.78, 5) is 29.6. The Balaban J connectivity index is 1.70. The van der Waals surface area contributed by atoms with E-state index in [-0.39, 0.29) is 18.5 Å². The highest BCUT2D eigenvalue weighted by Gasteiger charge is 2.31. The molecule has 0 radical (unpaired) electrons. The highest BCUT2D eigenvalue weighted by atomic mass is 32.1. The number of aliphatic carboxylic acids is 1. The first-order chi connectivity index (χ1) is 11.5. The Morgan fingerprint density at radius 3 is 2.92 bits per heavy atom. The van der Waals surface area contributed by atoms with Crippen LogP contribution in [0.25, 0.3) is 10.6 Å². The van der Waals surface area contributed by atoms with Gasteiger partial charge in [-0.05, 0) is 24.5 Å². The van der Waals surface area contributed by atoms with Gasteiger partial charge in [0.15, 0.2) is 0 Å². The SMILES string of the molecule is CC1CC(C(=O)O)CN(C(=O)Nc2cccc(-c3nccs3)c2)C1. The van der Waals surface area contributed by atoms with Crippen LogP contribution in [-0.4, -0.2) is 40.1 Å². The van der Waals surface area contributed by atoms with E-state index in [1.807, 2.05) is 36.6 Å². The van der Waals surface area contributed by atoms with Gasteiger partial charge in [-0.3, -0.25) is 4.79 Å². The maximum atomic E-state index is 12.5. The van der Waals surface area contributed by atoms with E-state index in [2.05, 4.69) is 10.3 Å². The molecule has 1 aromatic heterocycles. The van der Waals surface area contributed by atoms with E-state index in [1.165, 1.54) is 11.3 Å². The lowest BCUT2D eigenvalue weighted by molar-refractivity contribution is -0.143. The van der Waals surface area contributed by atoms with Crippen LogP contribution in [0, 0.1) is 11.8 Å². The molecule has 7 heteroatoms. The quantitative estimate of drug-likeness (QED) is 0.893. The fourth-order valence-corrected chi connectivity index (χ4v) is 3.63. The monoisotopic (exact) mass is 345 g/mol. The minimum atomic E-state index is -0.842. The smallest absolute Gasteiger partial charge is 0.321 e. The molecule has 0 spiro atoms. The molecule has 3 rings (SSSR count). The van der Waals surface area contributed by atoms with Crippen molar-refractivity contribution in [3.05, 3.63) is 35.8 Å². The van der Waals surface area contributed by atoms with Crippen molar-refractivity contribution in [2.75, 3.05) is 18.4 Å². The number of urea groups is 1. The molecular formula is C17H19N3O3S. The molecule has 0 aliphatic carbocycles. The average Bonchev–Trinajstić information content (AvgIpc) is 3.09. The molecule has 1 aliphatic heterocycles. The van der Waals surface area contributed by atoms with Gasteiger partial charge in [0, 0.05) is 35.9 Å². The van der Waals surface area contributed by atoms with Crippen LogP contribution in [0.4, 0.5) is 10.5 Å². The van der Waals surface area contributed by atoms with Crippen molar-refractivity contribution in [1.29, 1.82) is 0 Å². The first kappa shape index (κ1) is 16.4. The van der Waals surface area contributed by atoms with E-state index >= 15 is 0 Å². The number of carbonyl (C=O) groups is 2. The molecule has 126 valence electrons. The van der Waals surface area contributed by atoms with E-state index in [9.17, 15) is 14.7 Å². The van der Waals surface area contributed by atoms with Crippen molar-refractivity contribution in [2.24, 2.45) is 11.8 Å². The standard InChI is InChI=1S/C17H19N3O3S/c1-11-7-13(16(21)22)10-20(9-11)17(23)19-14-4-2-3-12(8-14)15-18-5-6-24-15/h2-6,8,11,13H,7,9-10H2,1H3,(H,19,23)(H,21,22). The third kappa shape index (κ3) is 3.73. The number of hydrogen-bond acceptors (Lipinski definition) is 4. The van der Waals surface area contributed by atoms with Gasteiger partial charge in [-0.1, -0.05) is 19.1 Å². The zero-order valence-electron chi connectivity index (χ0n) is 13.3. The lowest BCUT2D eigenvalue weighted by Crippen LogP contribution is -2.47. The highest BCUT2D eigenvalue weighted by molar-refractivity contribution is 7.13. The number of rotatable bonds is 3. The van der Waals surface area contributed by atoms with Crippen LogP contribution in [0.2, 0.25) is 0 Å². The summed E-state index contributed by atoms with van der Waals surface area (Å²) in [5.74, 6) is -1.17. The zero-order chi connectivity index (χ0) is 17.1. The molecule has 1 aromatic carbocycles. The number of carbonyl (C=O) groups excluding carboxylic acids is 1. The van der Waals surface area contributed by atoms with E-state index in [0.717, 1.165) is 10.6 Å². The Hall–Kier alpha value is -2.41. The van der Waals surface area contributed by atoms with Crippen molar-refractivity contribution < 1.29 is 14.7 Å². The first-order valence-electron chi connectivity index (χ1n) is 7.81. The summed E-state index contributed by atoms with van der Waals surface area (Å²) in [5, 5.41) is 14.9. The molecule has 2 amide bonds. The van der Waals surface area contributed by atoms with E-state index in [0.29, 0.717) is 18.7 Å². The number of anilines is 1. The van der Waals surface area contributed by atoms with Crippen LogP contribution in [0.1, 0.15) is 13.3 Å². The van der Waals surface area contributed by atoms with Gasteiger partial charge in [0.05, 0.1) is 5.92 Å². The molecule has 0 saturated carbocycles. The normalized spacial score (nSPS) is 20.6. The molecule has 6 nitrogen and oxygen atoms in total. The van der Waals surface area contributed by atoms with E-state index < -0.39 is 11.9 Å². The summed E-state index contributed by atoms with van der Waals surface area (Å²) in [6.07, 6.45) is 2.35. The summed E-state index contributed by atoms with van der Waals surface area (Å²) in [6, 6.07) is 7.24. The largest absolute Gasteiger partial charge is 0.481 e. The van der Waals surface area contributed by atoms with Gasteiger partial charge >= 0.3 is 12.0 Å². The van der Waals surface area contributed by atoms with Crippen molar-refractivity contribution in [3.8, 4) is 10.6 Å². The van der Waals surface area contributed by atoms with Crippen LogP contribution >= 0.6 is 11.3 Å². The lowest BCUT2D eigenvalue weighted by Gasteiger charge is -2.34. The van der Waals surface area contributed by atoms with Gasteiger partial charge in [-0.2, -0.15) is 0 Å². The molecule has 2 heterocycles. The number of piperidine rings is 1. The van der Waals surface area contributed by atoms with Crippen LogP contribution in [0.5, 0.6) is 0 Å². The number of benzene rings is 1. The molecule has 1 saturated heterocycles. The van der Waals surface area contributed by atoms with Gasteiger partial charge in [0.1, 0.15) is 5.01 Å². The number of nitrogens with zero attached hydrogens (tertiary/aromatic N) is 2. The average molecular weight is 345 g/mol. The summed E-state index contributed by atoms with van der Waals surface area (Å²) in [6.45, 7) is 2.79. The fourth-order valence-electron chi connectivity index (χ4n) is 2.99. The van der Waals surface area contributed by atoms with Crippen molar-refractivity contribution in [3.63, 3.8) is 0 Å². The molecule has 2 unspecified atom stereocenters. The molecule has 2 atom stereocenters. The number of aromatic nitrogens is 1. The third-order valence-corrected chi connectivity index (χ3v) is 4.91. The second-order valence-corrected chi connectivity index (χ2v) is 7.02. The van der Waals surface area contributed by atoms with Gasteiger partial charge in [-0.15, -0.1) is 11.3 Å². The molecule has 2 N–H and O–H groups in total. The van der Waals surface area contributed by atoms with Crippen molar-refractivity contribution >= 4 is 29.0 Å². The van der Waals surface area contributed by atoms with E-state index in [1.54, 1.807) is 11.1 Å². The molecule has 1 aliphatic rings. The Labute approximate surface area is 144 Å². The number of nitrogens with one attached hydrogen (secondary N) is 1. The number of likely N-dealkylation sites (tertiary alicyclic amines) is 1. The molecule has 2 aromatic rings. The second-order valence-electron chi connectivity index (χ2n) is 6.13. The Kier molecular flexibility index (Phi) is 4.80. The van der Waals surface area contributed by atoms with Crippen LogP contribution < -0.4 is 5.32 Å². The van der Waals surface area contributed by atoms with Gasteiger partial charge in [-0.25, -0.2) is 9.78 Å². The Morgan fingerprint density at radius 2 is 2.21 bits per heavy atom. The van der Waals surface area contributed by atoms with Gasteiger partial charge in [0.25, 0.3) is 0 Å². The molecule has 24 heavy (non-hydrogen) atoms. The van der Waals surface area contributed by atoms with Gasteiger partial charge < -0.3 is 15.3 Å². The minimum Gasteiger partial charge on any atom is -0.481 e. The Morgan fingerprint density at radius 1 is 1.38 bits per heavy atom. The molecular weight excluding hydrogens is 326 g/mol. The lowest BCUT2D eigenvalue weighted by atomic mass is 9.91. The maximum Gasteiger partial charge on any atom is 0.321 e. The van der Waals surface area contributed by atoms with E-state index in [4.69, 9.17) is 0 Å². The number of amides is 2. The predicted molar refractivity (Wildman–Crippen MR) is 93.0 cm³/mol. The van der Waals surface area contributed by atoms with Crippen LogP contribution in [0.15, 0.2) is 35.8 Å². The highest BCUT2D eigenvalue weighted by Crippen LogP contribution is 2.26. The predicted octanol–water partition coefficient (Wildman–Crippen LogP) is 3.38. The van der Waals surface area contributed by atoms with Crippen LogP contribution in [-0.2, 0) is 4.79 Å². The topological polar surface area (TPSA) is 82.5 Å². The van der Waals surface area contributed by atoms with Crippen molar-refractivity contribution in [1.82, 2.24) is 9.88 Å².